The predicted octanol–water partition coefficient (Wildman–Crippen LogP) is 16.7. The Hall–Kier alpha value is -7.36. The Morgan fingerprint density at radius 1 is 0.443 bits per heavy atom. The van der Waals surface area contributed by atoms with Gasteiger partial charge in [-0.3, -0.25) is 0 Å². The van der Waals surface area contributed by atoms with Gasteiger partial charge in [0.2, 0.25) is 0 Å². The number of nitrogens with zero attached hydrogens (tertiary/aromatic N) is 2. The zero-order valence-electron chi connectivity index (χ0n) is 34.0. The fourth-order valence-electron chi connectivity index (χ4n) is 10.3. The molecule has 11 aromatic rings. The SMILES string of the molecule is c1ccc(-c2cccc3cccc(-c4cccc(N(c5ccc6c7ccc(C8CCCCC8)cc7n(-c7ccccc7)c6c5)c5cccc6oc7ccccc7c56)c4)c23)cc1. The molecule has 0 bridgehead atoms. The van der Waals surface area contributed by atoms with E-state index >= 15 is 0 Å². The second-order valence-electron chi connectivity index (χ2n) is 16.7. The molecule has 61 heavy (non-hydrogen) atoms. The van der Waals surface area contributed by atoms with Crippen LogP contribution in [0.2, 0.25) is 0 Å². The first-order chi connectivity index (χ1) is 30.3. The Labute approximate surface area is 355 Å². The first kappa shape index (κ1) is 35.6. The van der Waals surface area contributed by atoms with E-state index in [1.165, 1.54) is 92.6 Å². The van der Waals surface area contributed by atoms with Crippen LogP contribution in [0, 0.1) is 0 Å². The fraction of sp³-hybridized carbons (Fsp3) is 0.103. The summed E-state index contributed by atoms with van der Waals surface area (Å²) in [6.45, 7) is 0. The number of anilines is 3. The Morgan fingerprint density at radius 3 is 1.90 bits per heavy atom. The summed E-state index contributed by atoms with van der Waals surface area (Å²) < 4.78 is 9.02. The minimum absolute atomic E-state index is 0.620. The van der Waals surface area contributed by atoms with Gasteiger partial charge >= 0.3 is 0 Å². The van der Waals surface area contributed by atoms with Crippen LogP contribution in [-0.2, 0) is 0 Å². The summed E-state index contributed by atoms with van der Waals surface area (Å²) in [6, 6.07) is 73.3. The van der Waals surface area contributed by atoms with Gasteiger partial charge in [-0.2, -0.15) is 0 Å². The van der Waals surface area contributed by atoms with E-state index in [1.807, 2.05) is 0 Å². The molecule has 0 aliphatic heterocycles. The van der Waals surface area contributed by atoms with E-state index in [9.17, 15) is 0 Å². The molecule has 0 unspecified atom stereocenters. The van der Waals surface area contributed by atoms with E-state index in [0.717, 1.165) is 44.6 Å². The van der Waals surface area contributed by atoms with Crippen LogP contribution in [0.3, 0.4) is 0 Å². The van der Waals surface area contributed by atoms with Gasteiger partial charge < -0.3 is 13.9 Å². The van der Waals surface area contributed by atoms with Gasteiger partial charge in [0.05, 0.1) is 22.1 Å². The lowest BCUT2D eigenvalue weighted by molar-refractivity contribution is 0.444. The zero-order chi connectivity index (χ0) is 40.3. The van der Waals surface area contributed by atoms with Gasteiger partial charge in [-0.25, -0.2) is 0 Å². The van der Waals surface area contributed by atoms with Crippen molar-refractivity contribution in [3.8, 4) is 27.9 Å². The van der Waals surface area contributed by atoms with Crippen molar-refractivity contribution in [2.24, 2.45) is 0 Å². The Kier molecular flexibility index (Phi) is 8.59. The molecule has 1 aliphatic rings. The predicted molar refractivity (Wildman–Crippen MR) is 257 cm³/mol. The first-order valence-corrected chi connectivity index (χ1v) is 21.8. The largest absolute Gasteiger partial charge is 0.456 e. The van der Waals surface area contributed by atoms with Crippen LogP contribution in [0.25, 0.3) is 82.5 Å². The van der Waals surface area contributed by atoms with Gasteiger partial charge in [0.25, 0.3) is 0 Å². The van der Waals surface area contributed by atoms with Gasteiger partial charge in [-0.05, 0) is 118 Å². The molecule has 1 aliphatic carbocycles. The Bertz CT molecular complexity index is 3400. The van der Waals surface area contributed by atoms with Gasteiger partial charge in [0, 0.05) is 33.2 Å². The average Bonchev–Trinajstić information content (AvgIpc) is 3.88. The standard InChI is InChI=1S/C58H44N2O/c1-4-16-39(17-5-1)42-32-34-49-50-35-33-46(38-54(50)60(53(49)37-42)44-23-8-3-9-24-44)59(52-29-15-31-56-58(52)51-26-10-11-30-55(51)61-56)45-25-12-22-43(36-45)48-28-14-21-41-20-13-27-47(57(41)48)40-18-6-2-7-19-40/h2-3,6-15,18-39H,1,4-5,16-17H2. The summed E-state index contributed by atoms with van der Waals surface area (Å²) in [4.78, 5) is 2.44. The summed E-state index contributed by atoms with van der Waals surface area (Å²) in [5.74, 6) is 0.620. The highest BCUT2D eigenvalue weighted by molar-refractivity contribution is 6.15. The minimum Gasteiger partial charge on any atom is -0.456 e. The molecule has 12 rings (SSSR count). The average molecular weight is 785 g/mol. The van der Waals surface area contributed by atoms with Crippen molar-refractivity contribution in [1.29, 1.82) is 0 Å². The molecule has 292 valence electrons. The van der Waals surface area contributed by atoms with Crippen LogP contribution < -0.4 is 4.90 Å². The third-order valence-electron chi connectivity index (χ3n) is 13.2. The molecular formula is C58H44N2O. The molecule has 1 saturated carbocycles. The Morgan fingerprint density at radius 2 is 1.08 bits per heavy atom. The number of fused-ring (bicyclic) bond motifs is 7. The topological polar surface area (TPSA) is 21.3 Å². The first-order valence-electron chi connectivity index (χ1n) is 21.8. The molecule has 3 nitrogen and oxygen atoms in total. The van der Waals surface area contributed by atoms with Crippen molar-refractivity contribution in [3.63, 3.8) is 0 Å². The van der Waals surface area contributed by atoms with Crippen LogP contribution in [0.5, 0.6) is 0 Å². The summed E-state index contributed by atoms with van der Waals surface area (Å²) in [5, 5.41) is 7.21. The highest BCUT2D eigenvalue weighted by Gasteiger charge is 2.23. The molecular weight excluding hydrogens is 741 g/mol. The van der Waals surface area contributed by atoms with Crippen molar-refractivity contribution >= 4 is 71.6 Å². The molecule has 0 amide bonds. The van der Waals surface area contributed by atoms with E-state index in [2.05, 4.69) is 210 Å². The van der Waals surface area contributed by atoms with Crippen molar-refractivity contribution < 1.29 is 4.42 Å². The number of rotatable bonds is 7. The van der Waals surface area contributed by atoms with E-state index < -0.39 is 0 Å². The lowest BCUT2D eigenvalue weighted by Crippen LogP contribution is -2.10. The minimum atomic E-state index is 0.620. The normalized spacial score (nSPS) is 13.5. The molecule has 0 saturated heterocycles. The lowest BCUT2D eigenvalue weighted by Gasteiger charge is -2.27. The smallest absolute Gasteiger partial charge is 0.137 e. The molecule has 0 spiro atoms. The van der Waals surface area contributed by atoms with E-state index in [4.69, 9.17) is 4.42 Å². The van der Waals surface area contributed by atoms with E-state index in [1.54, 1.807) is 0 Å². The van der Waals surface area contributed by atoms with E-state index in [-0.39, 0.29) is 0 Å². The third-order valence-corrected chi connectivity index (χ3v) is 13.2. The van der Waals surface area contributed by atoms with Crippen LogP contribution in [-0.4, -0.2) is 4.57 Å². The van der Waals surface area contributed by atoms with Crippen LogP contribution in [0.1, 0.15) is 43.6 Å². The summed E-state index contributed by atoms with van der Waals surface area (Å²) in [7, 11) is 0. The molecule has 2 heterocycles. The molecule has 2 aromatic heterocycles. The maximum Gasteiger partial charge on any atom is 0.137 e. The summed E-state index contributed by atoms with van der Waals surface area (Å²) >= 11 is 0. The summed E-state index contributed by atoms with van der Waals surface area (Å²) in [5.41, 5.74) is 14.9. The number of aromatic nitrogens is 1. The molecule has 0 N–H and O–H groups in total. The zero-order valence-corrected chi connectivity index (χ0v) is 34.0. The number of furan rings is 1. The number of para-hydroxylation sites is 2. The molecule has 0 atom stereocenters. The van der Waals surface area contributed by atoms with Gasteiger partial charge in [-0.15, -0.1) is 0 Å². The van der Waals surface area contributed by atoms with Crippen molar-refractivity contribution in [3.05, 3.63) is 206 Å². The monoisotopic (exact) mass is 784 g/mol. The number of hydrogen-bond acceptors (Lipinski definition) is 2. The maximum atomic E-state index is 6.53. The van der Waals surface area contributed by atoms with Crippen LogP contribution in [0.4, 0.5) is 17.1 Å². The van der Waals surface area contributed by atoms with Gasteiger partial charge in [0.15, 0.2) is 0 Å². The molecule has 9 aromatic carbocycles. The van der Waals surface area contributed by atoms with Crippen molar-refractivity contribution in [1.82, 2.24) is 4.57 Å². The highest BCUT2D eigenvalue weighted by atomic mass is 16.3. The van der Waals surface area contributed by atoms with Gasteiger partial charge in [-0.1, -0.05) is 159 Å². The van der Waals surface area contributed by atoms with Crippen molar-refractivity contribution in [2.75, 3.05) is 4.90 Å². The van der Waals surface area contributed by atoms with E-state index in [0.29, 0.717) is 5.92 Å². The fourth-order valence-corrected chi connectivity index (χ4v) is 10.3. The molecule has 0 radical (unpaired) electrons. The lowest BCUT2D eigenvalue weighted by atomic mass is 9.84. The highest BCUT2D eigenvalue weighted by Crippen LogP contribution is 2.46. The molecule has 3 heteroatoms. The van der Waals surface area contributed by atoms with Crippen LogP contribution >= 0.6 is 0 Å². The van der Waals surface area contributed by atoms with Gasteiger partial charge in [0.1, 0.15) is 11.2 Å². The maximum absolute atomic E-state index is 6.53. The third kappa shape index (κ3) is 6.03. The second-order valence-corrected chi connectivity index (χ2v) is 16.7. The van der Waals surface area contributed by atoms with Crippen molar-refractivity contribution in [2.45, 2.75) is 38.0 Å². The quantitative estimate of drug-likeness (QED) is 0.161. The second kappa shape index (κ2) is 14.7. The van der Waals surface area contributed by atoms with Crippen LogP contribution in [0.15, 0.2) is 205 Å². The molecule has 1 fully saturated rings. The Balaban J connectivity index is 1.11. The number of benzene rings is 9. The number of hydrogen-bond donors (Lipinski definition) is 0. The summed E-state index contributed by atoms with van der Waals surface area (Å²) in [6.07, 6.45) is 6.53.